The topological polar surface area (TPSA) is 149 Å². The van der Waals surface area contributed by atoms with Crippen LogP contribution < -0.4 is 10.3 Å². The predicted octanol–water partition coefficient (Wildman–Crippen LogP) is 3.53. The summed E-state index contributed by atoms with van der Waals surface area (Å²) in [7, 11) is 0. The average molecular weight is 659 g/mol. The smallest absolute Gasteiger partial charge is 0.290 e. The Bertz CT molecular complexity index is 1760. The van der Waals surface area contributed by atoms with Gasteiger partial charge >= 0.3 is 0 Å². The summed E-state index contributed by atoms with van der Waals surface area (Å²) in [5, 5.41) is 6.89. The van der Waals surface area contributed by atoms with Crippen molar-refractivity contribution in [2.24, 2.45) is 5.92 Å². The minimum Gasteiger partial charge on any atom is -0.494 e. The molecule has 1 atom stereocenters. The van der Waals surface area contributed by atoms with Crippen molar-refractivity contribution in [3.8, 4) is 17.1 Å². The summed E-state index contributed by atoms with van der Waals surface area (Å²) in [5.41, 5.74) is 1.78. The molecule has 1 N–H and O–H groups in total. The van der Waals surface area contributed by atoms with E-state index in [-0.39, 0.29) is 35.3 Å². The lowest BCUT2D eigenvalue weighted by Crippen LogP contribution is -2.41. The average Bonchev–Trinajstić information content (AvgIpc) is 3.58. The van der Waals surface area contributed by atoms with Crippen LogP contribution in [-0.4, -0.2) is 98.1 Å². The van der Waals surface area contributed by atoms with Crippen LogP contribution in [-0.2, 0) is 20.9 Å². The largest absolute Gasteiger partial charge is 0.494 e. The Balaban J connectivity index is 0.00000145. The summed E-state index contributed by atoms with van der Waals surface area (Å²) >= 11 is 0. The number of pyridine rings is 1. The number of aryl methyl sites for hydroxylation is 1. The second-order valence-corrected chi connectivity index (χ2v) is 11.9. The number of rotatable bonds is 2. The van der Waals surface area contributed by atoms with Crippen LogP contribution in [0.1, 0.15) is 48.2 Å². The minimum absolute atomic E-state index is 0.0394. The molecule has 13 nitrogen and oxygen atoms in total. The predicted molar refractivity (Wildman–Crippen MR) is 178 cm³/mol. The van der Waals surface area contributed by atoms with Crippen molar-refractivity contribution >= 4 is 23.9 Å². The molecule has 0 saturated carbocycles. The molecule has 0 spiro atoms. The summed E-state index contributed by atoms with van der Waals surface area (Å²) in [6, 6.07) is 13.2. The second-order valence-electron chi connectivity index (χ2n) is 11.9. The van der Waals surface area contributed by atoms with Crippen LogP contribution in [0.25, 0.3) is 17.0 Å². The zero-order valence-corrected chi connectivity index (χ0v) is 27.2. The van der Waals surface area contributed by atoms with Crippen molar-refractivity contribution in [1.82, 2.24) is 28.7 Å². The molecule has 13 heteroatoms. The molecule has 4 aromatic rings. The van der Waals surface area contributed by atoms with E-state index in [1.807, 2.05) is 59.0 Å². The quantitative estimate of drug-likeness (QED) is 0.320. The zero-order valence-electron chi connectivity index (χ0n) is 27.2. The summed E-state index contributed by atoms with van der Waals surface area (Å²) < 4.78 is 15.2. The molecule has 2 aliphatic heterocycles. The van der Waals surface area contributed by atoms with E-state index in [1.54, 1.807) is 17.2 Å². The molecule has 6 rings (SSSR count). The van der Waals surface area contributed by atoms with Crippen molar-refractivity contribution in [3.63, 3.8) is 0 Å². The molecule has 2 bridgehead atoms. The Kier molecular flexibility index (Phi) is 11.9. The number of amides is 2. The normalized spacial score (nSPS) is 17.6. The van der Waals surface area contributed by atoms with Crippen LogP contribution >= 0.6 is 0 Å². The number of aromatic nitrogens is 4. The van der Waals surface area contributed by atoms with Gasteiger partial charge in [-0.3, -0.25) is 23.6 Å². The minimum atomic E-state index is -0.377. The molecule has 1 fully saturated rings. The van der Waals surface area contributed by atoms with E-state index in [1.165, 1.54) is 10.6 Å². The van der Waals surface area contributed by atoms with Gasteiger partial charge in [-0.2, -0.15) is 0 Å². The molecule has 1 saturated heterocycles. The Morgan fingerprint density at radius 3 is 2.50 bits per heavy atom. The summed E-state index contributed by atoms with van der Waals surface area (Å²) in [4.78, 5) is 62.0. The fraction of sp³-hybridized carbons (Fsp3) is 0.429. The number of fused-ring (bicyclic) bond motifs is 5. The highest BCUT2D eigenvalue weighted by molar-refractivity contribution is 5.93. The highest BCUT2D eigenvalue weighted by atomic mass is 16.5. The third-order valence-electron chi connectivity index (χ3n) is 8.63. The number of carbonyl (C=O) groups excluding carboxylic acids is 2. The molecule has 1 unspecified atom stereocenters. The number of benzene rings is 1. The van der Waals surface area contributed by atoms with Crippen molar-refractivity contribution in [1.29, 1.82) is 0 Å². The third kappa shape index (κ3) is 8.26. The fourth-order valence-corrected chi connectivity index (χ4v) is 6.19. The van der Waals surface area contributed by atoms with E-state index in [2.05, 4.69) is 9.97 Å². The van der Waals surface area contributed by atoms with E-state index < -0.39 is 0 Å². The van der Waals surface area contributed by atoms with Crippen molar-refractivity contribution in [3.05, 3.63) is 82.7 Å². The number of carboxylic acid groups (broad SMARTS) is 1. The van der Waals surface area contributed by atoms with Crippen LogP contribution in [0.3, 0.4) is 0 Å². The standard InChI is InChI=1S/C34H40N6O5.CH2O2/c1-25-8-4-12-30-36-23-29(34(43)40(25)30)33(42)39-15-3-2-14-38(32(41)27-10-6-20-44-24-27)16-7-21-45-28-11-5-9-26(22-28)31-35-13-17-37(31)18-19-39;2-1-3/h4-5,8-9,11-13,17,22-23,27H,2-3,6-7,10,14-16,18-21,24H2,1H3;1H,(H,2,3). The second kappa shape index (κ2) is 16.7. The maximum atomic E-state index is 14.0. The summed E-state index contributed by atoms with van der Waals surface area (Å²) in [5.74, 6) is 1.15. The lowest BCUT2D eigenvalue weighted by molar-refractivity contribution is -0.140. The van der Waals surface area contributed by atoms with Crippen molar-refractivity contribution in [2.75, 3.05) is 46.0 Å². The van der Waals surface area contributed by atoms with Crippen molar-refractivity contribution in [2.45, 2.75) is 45.6 Å². The van der Waals surface area contributed by atoms with Crippen LogP contribution in [0.2, 0.25) is 0 Å². The van der Waals surface area contributed by atoms with Crippen LogP contribution in [0.15, 0.2) is 65.8 Å². The highest BCUT2D eigenvalue weighted by Gasteiger charge is 2.27. The maximum Gasteiger partial charge on any atom is 0.290 e. The molecule has 3 aromatic heterocycles. The Morgan fingerprint density at radius 2 is 1.71 bits per heavy atom. The highest BCUT2D eigenvalue weighted by Crippen LogP contribution is 2.24. The van der Waals surface area contributed by atoms with Gasteiger partial charge in [0.1, 0.15) is 22.8 Å². The first-order valence-electron chi connectivity index (χ1n) is 16.4. The van der Waals surface area contributed by atoms with E-state index in [9.17, 15) is 14.4 Å². The first-order chi connectivity index (χ1) is 23.4. The molecule has 0 aliphatic carbocycles. The van der Waals surface area contributed by atoms with Gasteiger partial charge in [-0.25, -0.2) is 9.97 Å². The molecule has 5 heterocycles. The van der Waals surface area contributed by atoms with Gasteiger partial charge in [0.2, 0.25) is 5.91 Å². The number of ether oxygens (including phenoxy) is 2. The summed E-state index contributed by atoms with van der Waals surface area (Å²) in [6.07, 6.45) is 8.85. The molecule has 48 heavy (non-hydrogen) atoms. The molecule has 0 radical (unpaired) electrons. The SMILES string of the molecule is Cc1cccc2ncc(C(=O)N3CCCCN(C(=O)C4CCCOC4)CCCOc4cccc(c4)-c4nccn4CC3)c(=O)n12.O=CO. The van der Waals surface area contributed by atoms with Gasteiger partial charge in [0.15, 0.2) is 0 Å². The van der Waals surface area contributed by atoms with E-state index >= 15 is 0 Å². The first-order valence-corrected chi connectivity index (χ1v) is 16.4. The summed E-state index contributed by atoms with van der Waals surface area (Å²) in [6.45, 7) is 5.69. The Hall–Kier alpha value is -5.04. The molecule has 254 valence electrons. The van der Waals surface area contributed by atoms with Gasteiger partial charge in [-0.1, -0.05) is 18.2 Å². The van der Waals surface area contributed by atoms with Gasteiger partial charge in [0.05, 0.1) is 19.1 Å². The molecule has 2 aliphatic rings. The number of imidazole rings is 1. The molecule has 2 amide bonds. The lowest BCUT2D eigenvalue weighted by atomic mass is 10.0. The number of carbonyl (C=O) groups is 3. The van der Waals surface area contributed by atoms with E-state index in [4.69, 9.17) is 19.4 Å². The van der Waals surface area contributed by atoms with Crippen molar-refractivity contribution < 1.29 is 29.0 Å². The molecule has 1 aromatic carbocycles. The van der Waals surface area contributed by atoms with Gasteiger partial charge in [0, 0.05) is 69.2 Å². The number of hydrogen-bond acceptors (Lipinski definition) is 8. The van der Waals surface area contributed by atoms with E-state index in [0.29, 0.717) is 76.7 Å². The fourth-order valence-electron chi connectivity index (χ4n) is 6.19. The lowest BCUT2D eigenvalue weighted by Gasteiger charge is -2.30. The van der Waals surface area contributed by atoms with Crippen LogP contribution in [0, 0.1) is 12.8 Å². The monoisotopic (exact) mass is 658 g/mol. The van der Waals surface area contributed by atoms with Gasteiger partial charge in [0.25, 0.3) is 17.9 Å². The maximum absolute atomic E-state index is 14.0. The number of nitrogens with zero attached hydrogens (tertiary/aromatic N) is 6. The van der Waals surface area contributed by atoms with Gasteiger partial charge in [-0.15, -0.1) is 0 Å². The van der Waals surface area contributed by atoms with Gasteiger partial charge < -0.3 is 28.9 Å². The molecular formula is C35H42N6O7. The molecular weight excluding hydrogens is 616 g/mol. The Labute approximate surface area is 278 Å². The van der Waals surface area contributed by atoms with Crippen LogP contribution in [0.5, 0.6) is 5.75 Å². The first kappa shape index (κ1) is 34.3. The zero-order chi connectivity index (χ0) is 33.9. The van der Waals surface area contributed by atoms with E-state index in [0.717, 1.165) is 36.4 Å². The third-order valence-corrected chi connectivity index (χ3v) is 8.63. The number of hydrogen-bond donors (Lipinski definition) is 1. The Morgan fingerprint density at radius 1 is 0.938 bits per heavy atom. The van der Waals surface area contributed by atoms with Gasteiger partial charge in [-0.05, 0) is 63.3 Å². The van der Waals surface area contributed by atoms with Crippen LogP contribution in [0.4, 0.5) is 0 Å².